The van der Waals surface area contributed by atoms with E-state index in [4.69, 9.17) is 11.6 Å². The molecule has 0 amide bonds. The van der Waals surface area contributed by atoms with E-state index in [2.05, 4.69) is 6.08 Å². The van der Waals surface area contributed by atoms with E-state index in [0.717, 1.165) is 18.4 Å². The first-order chi connectivity index (χ1) is 7.06. The molecule has 0 atom stereocenters. The normalized spacial score (nSPS) is 18.9. The smallest absolute Gasteiger partial charge is 0.212 e. The van der Waals surface area contributed by atoms with Gasteiger partial charge < -0.3 is 0 Å². The van der Waals surface area contributed by atoms with Crippen molar-refractivity contribution in [2.75, 3.05) is 24.7 Å². The minimum Gasteiger partial charge on any atom is -0.212 e. The maximum absolute atomic E-state index is 11.9. The van der Waals surface area contributed by atoms with Gasteiger partial charge in [0, 0.05) is 19.0 Å². The summed E-state index contributed by atoms with van der Waals surface area (Å²) in [5.41, 5.74) is 1.14. The zero-order valence-electron chi connectivity index (χ0n) is 9.08. The molecule has 1 rings (SSSR count). The fourth-order valence-corrected chi connectivity index (χ4v) is 3.42. The number of halogens is 1. The van der Waals surface area contributed by atoms with Gasteiger partial charge in [-0.15, -0.1) is 11.6 Å². The highest BCUT2D eigenvalue weighted by atomic mass is 35.5. The predicted molar refractivity (Wildman–Crippen MR) is 63.7 cm³/mol. The average molecular weight is 252 g/mol. The maximum atomic E-state index is 11.9. The van der Waals surface area contributed by atoms with Crippen molar-refractivity contribution in [3.8, 4) is 0 Å². The van der Waals surface area contributed by atoms with Gasteiger partial charge in [-0.05, 0) is 26.2 Å². The molecule has 0 saturated carbocycles. The highest BCUT2D eigenvalue weighted by molar-refractivity contribution is 7.89. The quantitative estimate of drug-likeness (QED) is 0.426. The number of alkyl halides is 1. The van der Waals surface area contributed by atoms with Gasteiger partial charge in [0.05, 0.1) is 5.75 Å². The van der Waals surface area contributed by atoms with Crippen molar-refractivity contribution in [3.05, 3.63) is 11.6 Å². The summed E-state index contributed by atoms with van der Waals surface area (Å²) < 4.78 is 25.3. The van der Waals surface area contributed by atoms with E-state index in [9.17, 15) is 8.42 Å². The Morgan fingerprint density at radius 1 is 1.47 bits per heavy atom. The van der Waals surface area contributed by atoms with Crippen molar-refractivity contribution < 1.29 is 8.42 Å². The second-order valence-electron chi connectivity index (χ2n) is 3.88. The van der Waals surface area contributed by atoms with Crippen LogP contribution in [0.2, 0.25) is 0 Å². The molecular formula is C10H18ClNO2S. The van der Waals surface area contributed by atoms with Gasteiger partial charge in [-0.25, -0.2) is 8.42 Å². The lowest BCUT2D eigenvalue weighted by molar-refractivity contribution is 0.427. The van der Waals surface area contributed by atoms with Crippen molar-refractivity contribution in [2.45, 2.75) is 26.2 Å². The maximum Gasteiger partial charge on any atom is 0.214 e. The minimum absolute atomic E-state index is 0.229. The molecular weight excluding hydrogens is 234 g/mol. The van der Waals surface area contributed by atoms with Crippen molar-refractivity contribution >= 4 is 21.6 Å². The molecule has 0 aromatic rings. The Bertz CT molecular complexity index is 324. The first-order valence-electron chi connectivity index (χ1n) is 5.25. The molecule has 0 fully saturated rings. The van der Waals surface area contributed by atoms with Crippen LogP contribution in [0.1, 0.15) is 26.2 Å². The predicted octanol–water partition coefficient (Wildman–Crippen LogP) is 1.99. The SMILES string of the molecule is CC1=CCCN(S(=O)(=O)CCCCCl)C1. The molecule has 0 unspecified atom stereocenters. The molecule has 0 saturated heterocycles. The van der Waals surface area contributed by atoms with Crippen molar-refractivity contribution in [1.82, 2.24) is 4.31 Å². The Kier molecular flexibility index (Phi) is 5.09. The molecule has 0 N–H and O–H groups in total. The number of unbranched alkanes of at least 4 members (excludes halogenated alkanes) is 1. The Morgan fingerprint density at radius 2 is 2.20 bits per heavy atom. The van der Waals surface area contributed by atoms with Crippen LogP contribution in [0.3, 0.4) is 0 Å². The van der Waals surface area contributed by atoms with Crippen molar-refractivity contribution in [1.29, 1.82) is 0 Å². The topological polar surface area (TPSA) is 37.4 Å². The molecule has 15 heavy (non-hydrogen) atoms. The van der Waals surface area contributed by atoms with Crippen LogP contribution in [0.4, 0.5) is 0 Å². The van der Waals surface area contributed by atoms with Crippen LogP contribution in [-0.2, 0) is 10.0 Å². The highest BCUT2D eigenvalue weighted by Gasteiger charge is 2.22. The third-order valence-electron chi connectivity index (χ3n) is 2.48. The van der Waals surface area contributed by atoms with Gasteiger partial charge in [-0.3, -0.25) is 0 Å². The Balaban J connectivity index is 2.51. The number of rotatable bonds is 5. The van der Waals surface area contributed by atoms with E-state index < -0.39 is 10.0 Å². The van der Waals surface area contributed by atoms with E-state index in [1.807, 2.05) is 6.92 Å². The number of hydrogen-bond donors (Lipinski definition) is 0. The molecule has 0 aliphatic carbocycles. The molecule has 1 heterocycles. The highest BCUT2D eigenvalue weighted by Crippen LogP contribution is 2.14. The lowest BCUT2D eigenvalue weighted by Gasteiger charge is -2.25. The Labute approximate surface area is 97.2 Å². The van der Waals surface area contributed by atoms with E-state index in [1.54, 1.807) is 4.31 Å². The number of hydrogen-bond acceptors (Lipinski definition) is 2. The Hall–Kier alpha value is -0.0600. The van der Waals surface area contributed by atoms with E-state index in [-0.39, 0.29) is 5.75 Å². The lowest BCUT2D eigenvalue weighted by Crippen LogP contribution is -2.37. The van der Waals surface area contributed by atoms with E-state index in [1.165, 1.54) is 0 Å². The van der Waals surface area contributed by atoms with Gasteiger partial charge in [-0.2, -0.15) is 4.31 Å². The molecule has 0 bridgehead atoms. The van der Waals surface area contributed by atoms with Crippen LogP contribution in [0, 0.1) is 0 Å². The monoisotopic (exact) mass is 251 g/mol. The van der Waals surface area contributed by atoms with Gasteiger partial charge in [0.15, 0.2) is 0 Å². The summed E-state index contributed by atoms with van der Waals surface area (Å²) in [5.74, 6) is 0.765. The fraction of sp³-hybridized carbons (Fsp3) is 0.800. The summed E-state index contributed by atoms with van der Waals surface area (Å²) in [4.78, 5) is 0. The molecule has 0 radical (unpaired) electrons. The van der Waals surface area contributed by atoms with Crippen LogP contribution >= 0.6 is 11.6 Å². The summed E-state index contributed by atoms with van der Waals surface area (Å²) in [5, 5.41) is 0. The average Bonchev–Trinajstić information content (AvgIpc) is 2.18. The van der Waals surface area contributed by atoms with Crippen LogP contribution < -0.4 is 0 Å². The zero-order valence-corrected chi connectivity index (χ0v) is 10.6. The second-order valence-corrected chi connectivity index (χ2v) is 6.35. The second kappa shape index (κ2) is 5.87. The third-order valence-corrected chi connectivity index (χ3v) is 4.65. The summed E-state index contributed by atoms with van der Waals surface area (Å²) in [6, 6.07) is 0. The first kappa shape index (κ1) is 13.0. The zero-order chi connectivity index (χ0) is 11.3. The molecule has 0 aromatic heterocycles. The van der Waals surface area contributed by atoms with Gasteiger partial charge in [-0.1, -0.05) is 11.6 Å². The molecule has 3 nitrogen and oxygen atoms in total. The lowest BCUT2D eigenvalue weighted by atomic mass is 10.2. The summed E-state index contributed by atoms with van der Waals surface area (Å²) in [6.45, 7) is 3.16. The molecule has 0 aromatic carbocycles. The standard InChI is InChI=1S/C10H18ClNO2S/c1-10-5-4-7-12(9-10)15(13,14)8-3-2-6-11/h5H,2-4,6-9H2,1H3. The van der Waals surface area contributed by atoms with Crippen molar-refractivity contribution in [3.63, 3.8) is 0 Å². The molecule has 5 heteroatoms. The number of sulfonamides is 1. The van der Waals surface area contributed by atoms with Gasteiger partial charge in [0.2, 0.25) is 10.0 Å². The van der Waals surface area contributed by atoms with Crippen LogP contribution in [-0.4, -0.2) is 37.4 Å². The Morgan fingerprint density at radius 3 is 2.80 bits per heavy atom. The molecule has 1 aliphatic heterocycles. The van der Waals surface area contributed by atoms with Gasteiger partial charge in [0.1, 0.15) is 0 Å². The van der Waals surface area contributed by atoms with Crippen LogP contribution in [0.25, 0.3) is 0 Å². The number of nitrogens with zero attached hydrogens (tertiary/aromatic N) is 1. The van der Waals surface area contributed by atoms with E-state index in [0.29, 0.717) is 25.4 Å². The van der Waals surface area contributed by atoms with Crippen LogP contribution in [0.15, 0.2) is 11.6 Å². The fourth-order valence-electron chi connectivity index (χ4n) is 1.62. The molecule has 88 valence electrons. The molecule has 0 spiro atoms. The van der Waals surface area contributed by atoms with Gasteiger partial charge in [0.25, 0.3) is 0 Å². The van der Waals surface area contributed by atoms with Crippen molar-refractivity contribution in [2.24, 2.45) is 0 Å². The van der Waals surface area contributed by atoms with E-state index >= 15 is 0 Å². The summed E-state index contributed by atoms with van der Waals surface area (Å²) in [6.07, 6.45) is 4.36. The first-order valence-corrected chi connectivity index (χ1v) is 7.40. The summed E-state index contributed by atoms with van der Waals surface area (Å²) in [7, 11) is -3.05. The minimum atomic E-state index is -3.05. The third kappa shape index (κ3) is 4.13. The summed E-state index contributed by atoms with van der Waals surface area (Å²) >= 11 is 5.52. The van der Waals surface area contributed by atoms with Gasteiger partial charge >= 0.3 is 0 Å². The largest absolute Gasteiger partial charge is 0.214 e. The molecule has 1 aliphatic rings. The van der Waals surface area contributed by atoms with Crippen LogP contribution in [0.5, 0.6) is 0 Å².